The Balaban J connectivity index is 0.00000720. The van der Waals surface area contributed by atoms with Crippen molar-refractivity contribution in [2.24, 2.45) is 0 Å². The van der Waals surface area contributed by atoms with Gasteiger partial charge < -0.3 is 0 Å². The smallest absolute Gasteiger partial charge is 1.00 e. The van der Waals surface area contributed by atoms with Crippen LogP contribution in [0.3, 0.4) is 0 Å². The summed E-state index contributed by atoms with van der Waals surface area (Å²) in [4.78, 5) is 0. The van der Waals surface area contributed by atoms with E-state index in [1.807, 2.05) is 41.5 Å². The molecule has 0 unspecified atom stereocenters. The minimum atomic E-state index is -6.52. The van der Waals surface area contributed by atoms with Crippen LogP contribution in [0.1, 0.15) is 73.2 Å². The number of alkyl halides is 9. The molecule has 2 atom stereocenters. The summed E-state index contributed by atoms with van der Waals surface area (Å²) in [7, 11) is 0. The van der Waals surface area contributed by atoms with Crippen molar-refractivity contribution in [1.29, 1.82) is 0 Å². The van der Waals surface area contributed by atoms with E-state index in [2.05, 4.69) is 0 Å². The average molecular weight is 903 g/mol. The standard InChI is InChI=1S/C15H11F3O.2C10H13.C9H5F6O.Li.Sb/c16-15(17,18)14(19,13-9-5-2-6-10-13)11-12-7-3-1-4-8-12;2*1-10(2,3)9-7-5-4-6-8-9;10-8(11,12)7(16,9(13,14)15)6-4-2-1-3-5-6;;/h1-11H;2*5-8H,1-3H3;1-4,16H;;/q-1;;;;+1;/t14-;;;;;/m0...../s1. The maximum Gasteiger partial charge on any atom is 1.00 e. The molecule has 0 amide bonds. The first-order valence-corrected chi connectivity index (χ1v) is 23.0. The van der Waals surface area contributed by atoms with E-state index in [0.29, 0.717) is 17.2 Å². The van der Waals surface area contributed by atoms with Crippen LogP contribution < -0.4 is 34.5 Å². The molecule has 0 aromatic heterocycles. The number of aliphatic hydroxyl groups is 1. The van der Waals surface area contributed by atoms with Gasteiger partial charge >= 0.3 is 345 Å². The Hall–Kier alpha value is -3.19. The predicted octanol–water partition coefficient (Wildman–Crippen LogP) is 6.21. The molecule has 0 aliphatic carbocycles. The quantitative estimate of drug-likeness (QED) is 0.149. The molecule has 0 spiro atoms. The second kappa shape index (κ2) is 16.1. The molecular weight excluding hydrogens is 860 g/mol. The molecular formula is C44H42F9LiO2Sb. The number of hydrogen-bond acceptors (Lipinski definition) is 2. The zero-order valence-corrected chi connectivity index (χ0v) is 35.0. The third-order valence-corrected chi connectivity index (χ3v) is 24.0. The molecule has 0 heterocycles. The largest absolute Gasteiger partial charge is 1.00 e. The van der Waals surface area contributed by atoms with Crippen LogP contribution in [-0.2, 0) is 22.0 Å². The number of benzene rings is 5. The Labute approximate surface area is 343 Å². The van der Waals surface area contributed by atoms with Gasteiger partial charge in [0.25, 0.3) is 0 Å². The molecule has 0 aliphatic rings. The molecule has 0 fully saturated rings. The van der Waals surface area contributed by atoms with E-state index in [-0.39, 0.29) is 31.4 Å². The van der Waals surface area contributed by atoms with Gasteiger partial charge in [-0.3, -0.25) is 0 Å². The summed E-state index contributed by atoms with van der Waals surface area (Å²) < 4.78 is 136. The Morgan fingerprint density at radius 1 is 0.474 bits per heavy atom. The minimum absolute atomic E-state index is 0. The Morgan fingerprint density at radius 2 is 0.842 bits per heavy atom. The summed E-state index contributed by atoms with van der Waals surface area (Å²) in [6, 6.07) is 27.9. The first-order chi connectivity index (χ1) is 25.7. The summed E-state index contributed by atoms with van der Waals surface area (Å²) in [5.74, 6) is 0. The molecule has 299 valence electrons. The van der Waals surface area contributed by atoms with Gasteiger partial charge in [-0.2, -0.15) is 0 Å². The third kappa shape index (κ3) is 8.22. The Kier molecular flexibility index (Phi) is 13.1. The van der Waals surface area contributed by atoms with Crippen LogP contribution in [0.25, 0.3) is 0 Å². The molecule has 57 heavy (non-hydrogen) atoms. The van der Waals surface area contributed by atoms with Crippen molar-refractivity contribution in [3.05, 3.63) is 161 Å². The van der Waals surface area contributed by atoms with Crippen molar-refractivity contribution in [2.75, 3.05) is 0 Å². The van der Waals surface area contributed by atoms with Crippen molar-refractivity contribution >= 4 is 29.3 Å². The molecule has 5 aromatic rings. The molecule has 1 radical (unpaired) electrons. The van der Waals surface area contributed by atoms with Crippen LogP contribution in [0.15, 0.2) is 133 Å². The van der Waals surface area contributed by atoms with Crippen molar-refractivity contribution in [1.82, 2.24) is 0 Å². The SMILES string of the molecule is CC(C)(C)c1cc[c]([Sb]([c]2ccc(C(C)(C)C)cc2)([c]2ccccc2C(O)(C(F)(F)F)C(F)(F)F)[C@@H](c2ccccc2)[C@]([O-])(c2ccccc2)C(F)(F)F)cc1.[Li+]. The van der Waals surface area contributed by atoms with E-state index in [4.69, 9.17) is 0 Å². The number of halogens is 9. The Bertz CT molecular complexity index is 2030. The fourth-order valence-corrected chi connectivity index (χ4v) is 22.7. The molecule has 0 aliphatic heterocycles. The maximum atomic E-state index is 16.3. The molecule has 13 heteroatoms. The predicted molar refractivity (Wildman–Crippen MR) is 201 cm³/mol. The van der Waals surface area contributed by atoms with Crippen LogP contribution in [0.5, 0.6) is 0 Å². The van der Waals surface area contributed by atoms with Gasteiger partial charge in [-0.15, -0.1) is 0 Å². The van der Waals surface area contributed by atoms with E-state index in [1.165, 1.54) is 72.8 Å². The zero-order valence-electron chi connectivity index (χ0n) is 32.5. The summed E-state index contributed by atoms with van der Waals surface area (Å²) in [6.07, 6.45) is -18.5. The van der Waals surface area contributed by atoms with Gasteiger partial charge in [-0.05, 0) is 0 Å². The van der Waals surface area contributed by atoms with Gasteiger partial charge in [0.2, 0.25) is 0 Å². The molecule has 0 saturated heterocycles. The fraction of sp³-hybridized carbons (Fsp3) is 0.318. The van der Waals surface area contributed by atoms with E-state index in [0.717, 1.165) is 30.3 Å². The molecule has 0 bridgehead atoms. The van der Waals surface area contributed by atoms with E-state index < -0.39 is 77.9 Å². The van der Waals surface area contributed by atoms with Crippen molar-refractivity contribution in [3.8, 4) is 0 Å². The number of rotatable bonds is 8. The first-order valence-electron chi connectivity index (χ1n) is 17.7. The second-order valence-corrected chi connectivity index (χ2v) is 25.9. The van der Waals surface area contributed by atoms with Crippen molar-refractivity contribution < 1.29 is 68.6 Å². The summed E-state index contributed by atoms with van der Waals surface area (Å²) in [5, 5.41) is 27.0. The summed E-state index contributed by atoms with van der Waals surface area (Å²) in [5.41, 5.74) is -12.2. The van der Waals surface area contributed by atoms with Gasteiger partial charge in [0.05, 0.1) is 0 Å². The Morgan fingerprint density at radius 3 is 1.21 bits per heavy atom. The van der Waals surface area contributed by atoms with Gasteiger partial charge in [0, 0.05) is 0 Å². The molecule has 1 N–H and O–H groups in total. The number of hydrogen-bond donors (Lipinski definition) is 1. The van der Waals surface area contributed by atoms with Crippen LogP contribution in [0.2, 0.25) is 0 Å². The van der Waals surface area contributed by atoms with Gasteiger partial charge in [-0.1, -0.05) is 0 Å². The van der Waals surface area contributed by atoms with Crippen molar-refractivity contribution in [2.45, 2.75) is 86.0 Å². The minimum Gasteiger partial charge on any atom is 1.00 e. The normalized spacial score (nSPS) is 15.0. The monoisotopic (exact) mass is 901 g/mol. The van der Waals surface area contributed by atoms with E-state index in [9.17, 15) is 5.11 Å². The molecule has 0 saturated carbocycles. The van der Waals surface area contributed by atoms with E-state index in [1.54, 1.807) is 24.3 Å². The second-order valence-electron chi connectivity index (χ2n) is 16.0. The fourth-order valence-electron chi connectivity index (χ4n) is 7.34. The topological polar surface area (TPSA) is 43.3 Å². The molecule has 5 rings (SSSR count). The van der Waals surface area contributed by atoms with Crippen LogP contribution in [-0.4, -0.2) is 42.4 Å². The van der Waals surface area contributed by atoms with Crippen molar-refractivity contribution in [3.63, 3.8) is 0 Å². The summed E-state index contributed by atoms with van der Waals surface area (Å²) in [6.45, 7) is 11.2. The third-order valence-electron chi connectivity index (χ3n) is 10.3. The van der Waals surface area contributed by atoms with Crippen LogP contribution >= 0.6 is 0 Å². The maximum absolute atomic E-state index is 16.3. The average Bonchev–Trinajstić information content (AvgIpc) is 3.12. The zero-order chi connectivity index (χ0) is 41.8. The van der Waals surface area contributed by atoms with Gasteiger partial charge in [0.1, 0.15) is 0 Å². The van der Waals surface area contributed by atoms with Gasteiger partial charge in [0.15, 0.2) is 0 Å². The van der Waals surface area contributed by atoms with E-state index >= 15 is 44.6 Å². The van der Waals surface area contributed by atoms with Crippen LogP contribution in [0.4, 0.5) is 39.5 Å². The van der Waals surface area contributed by atoms with Gasteiger partial charge in [-0.25, -0.2) is 0 Å². The summed E-state index contributed by atoms with van der Waals surface area (Å²) >= 11 is -6.52. The molecule has 2 nitrogen and oxygen atoms in total. The molecule has 5 aromatic carbocycles. The first kappa shape index (κ1) is 46.5. The van der Waals surface area contributed by atoms with Crippen LogP contribution in [0, 0.1) is 0 Å².